The summed E-state index contributed by atoms with van der Waals surface area (Å²) in [6, 6.07) is 9.76. The van der Waals surface area contributed by atoms with Gasteiger partial charge in [-0.25, -0.2) is 4.39 Å². The fourth-order valence-corrected chi connectivity index (χ4v) is 4.26. The maximum Gasteiger partial charge on any atom is 0.458 e. The molecular weight excluding hydrogens is 495 g/mol. The van der Waals surface area contributed by atoms with Crippen LogP contribution in [0.5, 0.6) is 0 Å². The van der Waals surface area contributed by atoms with Crippen molar-refractivity contribution in [1.29, 1.82) is 0 Å². The number of unbranched alkanes of at least 4 members (excludes halogenated alkanes) is 3. The summed E-state index contributed by atoms with van der Waals surface area (Å²) in [5.41, 5.74) is 0.0783. The Balaban J connectivity index is 1.94. The van der Waals surface area contributed by atoms with Gasteiger partial charge < -0.3 is 15.1 Å². The summed E-state index contributed by atoms with van der Waals surface area (Å²) in [5.74, 6) is -5.32. The number of halogens is 6. The molecule has 0 spiro atoms. The summed E-state index contributed by atoms with van der Waals surface area (Å²) < 4.78 is 91.6. The first-order valence-corrected chi connectivity index (χ1v) is 13.2. The molecule has 4 nitrogen and oxygen atoms in total. The zero-order chi connectivity index (χ0) is 26.1. The van der Waals surface area contributed by atoms with Gasteiger partial charge in [-0.1, -0.05) is 37.1 Å². The third-order valence-corrected chi connectivity index (χ3v) is 6.47. The second kappa shape index (κ2) is 12.9. The zero-order valence-electron chi connectivity index (χ0n) is 19.1. The van der Waals surface area contributed by atoms with Crippen molar-refractivity contribution in [2.45, 2.75) is 63.6 Å². The van der Waals surface area contributed by atoms with E-state index >= 15 is 0 Å². The minimum atomic E-state index is -5.73. The number of nitrogens with one attached hydrogen (secondary N) is 1. The molecule has 35 heavy (non-hydrogen) atoms. The summed E-state index contributed by atoms with van der Waals surface area (Å²) in [6.45, 7) is 0.168. The first-order valence-electron chi connectivity index (χ1n) is 11.4. The van der Waals surface area contributed by atoms with E-state index in [1.807, 2.05) is 0 Å². The van der Waals surface area contributed by atoms with Crippen molar-refractivity contribution in [2.75, 3.05) is 12.7 Å². The van der Waals surface area contributed by atoms with E-state index in [4.69, 9.17) is 9.79 Å². The molecule has 196 valence electrons. The Bertz CT molecular complexity index is 976. The fraction of sp³-hybridized carbons (Fsp3) is 0.500. The Morgan fingerprint density at radius 3 is 2.00 bits per heavy atom. The lowest BCUT2D eigenvalue weighted by Crippen LogP contribution is -2.35. The van der Waals surface area contributed by atoms with Gasteiger partial charge in [0.05, 0.1) is 6.16 Å². The van der Waals surface area contributed by atoms with Crippen LogP contribution in [0.15, 0.2) is 42.5 Å². The molecule has 0 aliphatic heterocycles. The summed E-state index contributed by atoms with van der Waals surface area (Å²) in [6.07, 6.45) is -2.48. The van der Waals surface area contributed by atoms with Crippen LogP contribution < -0.4 is 5.32 Å². The summed E-state index contributed by atoms with van der Waals surface area (Å²) in [4.78, 5) is 17.7. The maximum atomic E-state index is 14.3. The van der Waals surface area contributed by atoms with Crippen molar-refractivity contribution in [3.8, 4) is 0 Å². The van der Waals surface area contributed by atoms with Gasteiger partial charge in [-0.15, -0.1) is 0 Å². The van der Waals surface area contributed by atoms with Gasteiger partial charge in [-0.3, -0.25) is 4.57 Å². The molecule has 0 unspecified atom stereocenters. The molecule has 0 radical (unpaired) electrons. The topological polar surface area (TPSA) is 69.6 Å². The van der Waals surface area contributed by atoms with Gasteiger partial charge in [-0.05, 0) is 73.5 Å². The molecule has 0 heterocycles. The molecule has 2 aromatic rings. The zero-order valence-corrected chi connectivity index (χ0v) is 20.0. The van der Waals surface area contributed by atoms with E-state index in [0.29, 0.717) is 12.8 Å². The minimum Gasteiger partial charge on any atom is -0.324 e. The van der Waals surface area contributed by atoms with Crippen molar-refractivity contribution >= 4 is 7.60 Å². The molecular formula is C24H30F6NO3P. The smallest absolute Gasteiger partial charge is 0.324 e. The van der Waals surface area contributed by atoms with Crippen LogP contribution in [0.3, 0.4) is 0 Å². The molecule has 3 N–H and O–H groups in total. The average molecular weight is 525 g/mol. The highest BCUT2D eigenvalue weighted by Crippen LogP contribution is 2.45. The molecule has 0 saturated carbocycles. The first kappa shape index (κ1) is 29.4. The number of hydrogen-bond acceptors (Lipinski definition) is 2. The summed E-state index contributed by atoms with van der Waals surface area (Å²) in [7, 11) is -4.15. The van der Waals surface area contributed by atoms with Crippen LogP contribution >= 0.6 is 7.60 Å². The van der Waals surface area contributed by atoms with Gasteiger partial charge in [0.2, 0.25) is 0 Å². The lowest BCUT2D eigenvalue weighted by Gasteiger charge is -2.23. The Morgan fingerprint density at radius 1 is 0.800 bits per heavy atom. The number of benzene rings is 2. The summed E-state index contributed by atoms with van der Waals surface area (Å²) in [5, 5.41) is 2.80. The van der Waals surface area contributed by atoms with Crippen LogP contribution in [0.25, 0.3) is 0 Å². The Kier molecular flexibility index (Phi) is 10.8. The molecule has 0 saturated heterocycles. The van der Waals surface area contributed by atoms with Crippen molar-refractivity contribution in [2.24, 2.45) is 0 Å². The van der Waals surface area contributed by atoms with Crippen LogP contribution in [0.4, 0.5) is 26.3 Å². The van der Waals surface area contributed by atoms with Gasteiger partial charge >= 0.3 is 19.7 Å². The highest BCUT2D eigenvalue weighted by molar-refractivity contribution is 7.51. The molecule has 0 amide bonds. The molecule has 11 heteroatoms. The van der Waals surface area contributed by atoms with Crippen LogP contribution in [-0.2, 0) is 29.9 Å². The van der Waals surface area contributed by atoms with Crippen molar-refractivity contribution < 1.29 is 40.7 Å². The minimum absolute atomic E-state index is 0.00817. The predicted molar refractivity (Wildman–Crippen MR) is 122 cm³/mol. The number of alkyl halides is 5. The molecule has 0 atom stereocenters. The van der Waals surface area contributed by atoms with E-state index in [0.717, 1.165) is 30.9 Å². The third kappa shape index (κ3) is 9.95. The van der Waals surface area contributed by atoms with E-state index in [1.165, 1.54) is 24.3 Å². The normalized spacial score (nSPS) is 12.8. The van der Waals surface area contributed by atoms with Crippen LogP contribution in [0, 0.1) is 5.82 Å². The lowest BCUT2D eigenvalue weighted by molar-refractivity contribution is -0.289. The molecule has 0 aliphatic carbocycles. The van der Waals surface area contributed by atoms with Gasteiger partial charge in [0.15, 0.2) is 0 Å². The number of rotatable bonds is 14. The first-order chi connectivity index (χ1) is 16.3. The molecule has 0 aromatic heterocycles. The Morgan fingerprint density at radius 2 is 1.40 bits per heavy atom. The van der Waals surface area contributed by atoms with Crippen molar-refractivity contribution in [1.82, 2.24) is 5.32 Å². The fourth-order valence-electron chi connectivity index (χ4n) is 3.69. The van der Waals surface area contributed by atoms with E-state index in [9.17, 15) is 30.9 Å². The van der Waals surface area contributed by atoms with Crippen LogP contribution in [-0.4, -0.2) is 28.7 Å². The molecule has 0 fully saturated rings. The van der Waals surface area contributed by atoms with Gasteiger partial charge in [0, 0.05) is 12.1 Å². The third-order valence-electron chi connectivity index (χ3n) is 5.58. The Hall–Kier alpha value is -1.87. The van der Waals surface area contributed by atoms with Gasteiger partial charge in [0.1, 0.15) is 5.82 Å². The monoisotopic (exact) mass is 525 g/mol. The predicted octanol–water partition coefficient (Wildman–Crippen LogP) is 6.48. The van der Waals surface area contributed by atoms with E-state index in [1.54, 1.807) is 12.1 Å². The highest BCUT2D eigenvalue weighted by atomic mass is 31.2. The van der Waals surface area contributed by atoms with Gasteiger partial charge in [-0.2, -0.15) is 22.0 Å². The molecule has 0 bridgehead atoms. The van der Waals surface area contributed by atoms with E-state index in [2.05, 4.69) is 5.32 Å². The maximum absolute atomic E-state index is 14.3. The Labute approximate surface area is 200 Å². The molecule has 0 aliphatic rings. The summed E-state index contributed by atoms with van der Waals surface area (Å²) >= 11 is 0. The standard InChI is InChI=1S/C24H30F6NO3P/c25-21-12-9-18(10-13-21)6-3-1-2-4-7-20-11-8-19(17-31-14-5-15-35(32,33)34)16-22(20)23(26,27)24(28,29)30/h8-13,16,31H,1-7,14-15,17H2,(H2,32,33,34). The van der Waals surface area contributed by atoms with Crippen molar-refractivity contribution in [3.05, 3.63) is 70.5 Å². The SMILES string of the molecule is O=P(O)(O)CCCNCc1ccc(CCCCCCc2ccc(F)cc2)c(C(F)(F)C(F)(F)F)c1. The second-order valence-corrected chi connectivity index (χ2v) is 10.3. The van der Waals surface area contributed by atoms with E-state index in [-0.39, 0.29) is 49.0 Å². The lowest BCUT2D eigenvalue weighted by atomic mass is 9.94. The van der Waals surface area contributed by atoms with Crippen LogP contribution in [0.1, 0.15) is 54.4 Å². The molecule has 2 rings (SSSR count). The largest absolute Gasteiger partial charge is 0.458 e. The number of aryl methyl sites for hydroxylation is 2. The molecule has 2 aromatic carbocycles. The number of hydrogen-bond donors (Lipinski definition) is 3. The van der Waals surface area contributed by atoms with Crippen molar-refractivity contribution in [3.63, 3.8) is 0 Å². The van der Waals surface area contributed by atoms with Gasteiger partial charge in [0.25, 0.3) is 0 Å². The average Bonchev–Trinajstić information content (AvgIpc) is 2.76. The highest BCUT2D eigenvalue weighted by Gasteiger charge is 2.59. The second-order valence-electron chi connectivity index (χ2n) is 8.52. The van der Waals surface area contributed by atoms with Crippen LogP contribution in [0.2, 0.25) is 0 Å². The quantitative estimate of drug-likeness (QED) is 0.150. The van der Waals surface area contributed by atoms with E-state index < -0.39 is 25.3 Å².